The number of carbonyl (C=O) groups excluding carboxylic acids is 1. The van der Waals surface area contributed by atoms with Crippen LogP contribution in [0.15, 0.2) is 52.5 Å². The quantitative estimate of drug-likeness (QED) is 0.633. The molecule has 0 spiro atoms. The third-order valence-corrected chi connectivity index (χ3v) is 8.48. The van der Waals surface area contributed by atoms with Crippen LogP contribution in [0.5, 0.6) is 0 Å². The molecule has 1 saturated heterocycles. The summed E-state index contributed by atoms with van der Waals surface area (Å²) in [6.45, 7) is 2.44. The molecule has 0 atom stereocenters. The van der Waals surface area contributed by atoms with Crippen LogP contribution in [-0.2, 0) is 29.6 Å². The van der Waals surface area contributed by atoms with E-state index in [-0.39, 0.29) is 22.9 Å². The molecule has 2 heterocycles. The lowest BCUT2D eigenvalue weighted by Gasteiger charge is -2.26. The van der Waals surface area contributed by atoms with Crippen molar-refractivity contribution in [2.24, 2.45) is 0 Å². The number of pyridine rings is 1. The summed E-state index contributed by atoms with van der Waals surface area (Å²) in [7, 11) is -6.33. The van der Waals surface area contributed by atoms with E-state index in [9.17, 15) is 21.6 Å². The normalized spacial score (nSPS) is 15.7. The van der Waals surface area contributed by atoms with Crippen LogP contribution in [0.25, 0.3) is 0 Å². The molecular formula is C19H24N4O6S2. The monoisotopic (exact) mass is 468 g/mol. The molecule has 0 radical (unpaired) electrons. The third-order valence-electron chi connectivity index (χ3n) is 4.80. The summed E-state index contributed by atoms with van der Waals surface area (Å²) in [6, 6.07) is 7.34. The van der Waals surface area contributed by atoms with Gasteiger partial charge in [-0.25, -0.2) is 16.8 Å². The first-order chi connectivity index (χ1) is 14.6. The molecule has 1 aromatic heterocycles. The second kappa shape index (κ2) is 9.40. The maximum Gasteiger partial charge on any atom is 0.244 e. The number of rotatable bonds is 7. The van der Waals surface area contributed by atoms with Crippen LogP contribution in [0.2, 0.25) is 0 Å². The van der Waals surface area contributed by atoms with Crippen LogP contribution in [0.4, 0.5) is 5.69 Å². The van der Waals surface area contributed by atoms with Crippen molar-refractivity contribution in [1.29, 1.82) is 0 Å². The largest absolute Gasteiger partial charge is 0.379 e. The van der Waals surface area contributed by atoms with Crippen LogP contribution in [0.3, 0.4) is 0 Å². The number of sulfonamides is 2. The molecule has 10 nitrogen and oxygen atoms in total. The fraction of sp³-hybridized carbons (Fsp3) is 0.368. The van der Waals surface area contributed by atoms with E-state index in [4.69, 9.17) is 4.74 Å². The highest BCUT2D eigenvalue weighted by atomic mass is 32.2. The van der Waals surface area contributed by atoms with Gasteiger partial charge in [0, 0.05) is 38.2 Å². The van der Waals surface area contributed by atoms with Crippen LogP contribution in [0.1, 0.15) is 5.56 Å². The highest BCUT2D eigenvalue weighted by molar-refractivity contribution is 7.89. The van der Waals surface area contributed by atoms with Gasteiger partial charge in [-0.15, -0.1) is 0 Å². The molecule has 0 saturated carbocycles. The molecule has 1 aliphatic heterocycles. The van der Waals surface area contributed by atoms with E-state index < -0.39 is 32.5 Å². The third kappa shape index (κ3) is 5.28. The number of likely N-dealkylation sites (N-methyl/N-ethyl adjacent to an activating group) is 1. The summed E-state index contributed by atoms with van der Waals surface area (Å²) in [5.41, 5.74) is 0.943. The molecule has 1 aromatic carbocycles. The summed E-state index contributed by atoms with van der Waals surface area (Å²) < 4.78 is 58.3. The van der Waals surface area contributed by atoms with Gasteiger partial charge in [-0.2, -0.15) is 8.61 Å². The Morgan fingerprint density at radius 2 is 1.87 bits per heavy atom. The number of hydrogen-bond acceptors (Lipinski definition) is 7. The zero-order valence-corrected chi connectivity index (χ0v) is 18.8. The Balaban J connectivity index is 1.75. The van der Waals surface area contributed by atoms with Crippen LogP contribution in [0, 0.1) is 6.92 Å². The molecule has 0 unspecified atom stereocenters. The van der Waals surface area contributed by atoms with E-state index in [1.54, 1.807) is 13.0 Å². The average Bonchev–Trinajstić information content (AvgIpc) is 2.76. The summed E-state index contributed by atoms with van der Waals surface area (Å²) in [5, 5.41) is 2.61. The number of amides is 1. The molecule has 3 rings (SSSR count). The van der Waals surface area contributed by atoms with Crippen molar-refractivity contribution in [2.75, 3.05) is 45.2 Å². The standard InChI is InChI=1S/C19H24N4O6S2/c1-15-5-6-16(31(27,28)23-8-10-29-11-9-23)12-18(15)21-19(24)14-22(2)30(25,26)17-4-3-7-20-13-17/h3-7,12-13H,8-11,14H2,1-2H3,(H,21,24). The van der Waals surface area contributed by atoms with Crippen LogP contribution >= 0.6 is 0 Å². The van der Waals surface area contributed by atoms with Crippen LogP contribution in [-0.4, -0.2) is 76.2 Å². The number of aromatic nitrogens is 1. The predicted molar refractivity (Wildman–Crippen MR) is 113 cm³/mol. The number of carbonyl (C=O) groups is 1. The van der Waals surface area contributed by atoms with Crippen molar-refractivity contribution < 1.29 is 26.4 Å². The van der Waals surface area contributed by atoms with E-state index in [2.05, 4.69) is 10.3 Å². The molecule has 0 bridgehead atoms. The molecule has 1 aliphatic rings. The Labute approximate surface area is 181 Å². The van der Waals surface area contributed by atoms with E-state index in [1.165, 1.54) is 48.0 Å². The first kappa shape index (κ1) is 23.3. The zero-order valence-electron chi connectivity index (χ0n) is 17.2. The fourth-order valence-electron chi connectivity index (χ4n) is 2.99. The molecule has 12 heteroatoms. The van der Waals surface area contributed by atoms with Crippen molar-refractivity contribution in [3.63, 3.8) is 0 Å². The molecule has 2 aromatic rings. The number of nitrogens with zero attached hydrogens (tertiary/aromatic N) is 3. The lowest BCUT2D eigenvalue weighted by atomic mass is 10.2. The van der Waals surface area contributed by atoms with Gasteiger partial charge in [0.25, 0.3) is 0 Å². The number of hydrogen-bond donors (Lipinski definition) is 1. The van der Waals surface area contributed by atoms with Crippen molar-refractivity contribution in [3.05, 3.63) is 48.3 Å². The first-order valence-electron chi connectivity index (χ1n) is 9.47. The number of anilines is 1. The smallest absolute Gasteiger partial charge is 0.244 e. The van der Waals surface area contributed by atoms with Crippen LogP contribution < -0.4 is 5.32 Å². The second-order valence-corrected chi connectivity index (χ2v) is 11.0. The number of morpholine rings is 1. The van der Waals surface area contributed by atoms with Crippen molar-refractivity contribution in [2.45, 2.75) is 16.7 Å². The van der Waals surface area contributed by atoms with E-state index >= 15 is 0 Å². The van der Waals surface area contributed by atoms with Crippen molar-refractivity contribution >= 4 is 31.6 Å². The van der Waals surface area contributed by atoms with E-state index in [0.29, 0.717) is 24.5 Å². The summed E-state index contributed by atoms with van der Waals surface area (Å²) >= 11 is 0. The lowest BCUT2D eigenvalue weighted by Crippen LogP contribution is -2.40. The number of nitrogens with one attached hydrogen (secondary N) is 1. The molecular weight excluding hydrogens is 444 g/mol. The van der Waals surface area contributed by atoms with E-state index in [0.717, 1.165) is 4.31 Å². The maximum absolute atomic E-state index is 12.9. The highest BCUT2D eigenvalue weighted by Crippen LogP contribution is 2.24. The summed E-state index contributed by atoms with van der Waals surface area (Å²) in [6.07, 6.45) is 2.65. The predicted octanol–water partition coefficient (Wildman–Crippen LogP) is 0.670. The minimum atomic E-state index is -3.89. The van der Waals surface area contributed by atoms with Gasteiger partial charge >= 0.3 is 0 Å². The highest BCUT2D eigenvalue weighted by Gasteiger charge is 2.27. The second-order valence-electron chi connectivity index (χ2n) is 6.99. The molecule has 1 amide bonds. The van der Waals surface area contributed by atoms with Gasteiger partial charge in [0.05, 0.1) is 24.7 Å². The zero-order chi connectivity index (χ0) is 22.6. The van der Waals surface area contributed by atoms with Gasteiger partial charge in [0.1, 0.15) is 4.90 Å². The number of ether oxygens (including phenoxy) is 1. The molecule has 31 heavy (non-hydrogen) atoms. The van der Waals surface area contributed by atoms with Gasteiger partial charge in [-0.05, 0) is 36.8 Å². The van der Waals surface area contributed by atoms with Gasteiger partial charge < -0.3 is 10.1 Å². The van der Waals surface area contributed by atoms with Gasteiger partial charge in [-0.1, -0.05) is 6.07 Å². The number of benzene rings is 1. The van der Waals surface area contributed by atoms with Gasteiger partial charge in [-0.3, -0.25) is 9.78 Å². The van der Waals surface area contributed by atoms with E-state index in [1.807, 2.05) is 0 Å². The Kier molecular flexibility index (Phi) is 7.06. The Morgan fingerprint density at radius 3 is 2.52 bits per heavy atom. The van der Waals surface area contributed by atoms with Gasteiger partial charge in [0.15, 0.2) is 0 Å². The summed E-state index contributed by atoms with van der Waals surface area (Å²) in [5.74, 6) is -0.598. The number of aryl methyl sites for hydroxylation is 1. The average molecular weight is 469 g/mol. The topological polar surface area (TPSA) is 126 Å². The Bertz CT molecular complexity index is 1150. The fourth-order valence-corrected chi connectivity index (χ4v) is 5.52. The molecule has 1 fully saturated rings. The maximum atomic E-state index is 12.9. The Hall–Kier alpha value is -2.38. The molecule has 168 valence electrons. The van der Waals surface area contributed by atoms with Crippen molar-refractivity contribution in [3.8, 4) is 0 Å². The molecule has 0 aliphatic carbocycles. The Morgan fingerprint density at radius 1 is 1.16 bits per heavy atom. The SMILES string of the molecule is Cc1ccc(S(=O)(=O)N2CCOCC2)cc1NC(=O)CN(C)S(=O)(=O)c1cccnc1. The molecule has 1 N–H and O–H groups in total. The summed E-state index contributed by atoms with van der Waals surface area (Å²) in [4.78, 5) is 16.3. The van der Waals surface area contributed by atoms with Gasteiger partial charge in [0.2, 0.25) is 26.0 Å². The minimum Gasteiger partial charge on any atom is -0.379 e. The first-order valence-corrected chi connectivity index (χ1v) is 12.3. The van der Waals surface area contributed by atoms with Crippen molar-refractivity contribution in [1.82, 2.24) is 13.6 Å². The minimum absolute atomic E-state index is 0.0277. The lowest BCUT2D eigenvalue weighted by molar-refractivity contribution is -0.116.